The molecule has 0 spiro atoms. The molecule has 16 heteroatoms. The summed E-state index contributed by atoms with van der Waals surface area (Å²) < 4.78 is 23.3. The maximum Gasteiger partial charge on any atom is 2.00 e. The quantitative estimate of drug-likeness (QED) is 0.0259. The summed E-state index contributed by atoms with van der Waals surface area (Å²) in [6, 6.07) is 103. The first-order chi connectivity index (χ1) is 53.6. The second-order valence-electron chi connectivity index (χ2n) is 27.8. The molecule has 0 bridgehead atoms. The van der Waals surface area contributed by atoms with Gasteiger partial charge in [-0.1, -0.05) is 157 Å². The summed E-state index contributed by atoms with van der Waals surface area (Å²) in [5.74, 6) is 2.59. The van der Waals surface area contributed by atoms with E-state index in [-0.39, 0.29) is 76.3 Å². The fraction of sp³-hybridized carbons (Fsp3) is 0.155. The first-order valence-corrected chi connectivity index (χ1v) is 39.3. The average Bonchev–Trinajstić information content (AvgIpc) is 1.60. The molecule has 1 saturated carbocycles. The molecule has 12 aromatic carbocycles. The average molecular weight is 1610 g/mol. The van der Waals surface area contributed by atoms with Gasteiger partial charge in [-0.05, 0) is 258 Å². The number of nitrogens with two attached hydrogens (primary N) is 1. The summed E-state index contributed by atoms with van der Waals surface area (Å²) in [4.78, 5) is 24.3. The molecule has 15 aromatic rings. The SMILES string of the molecule is CC(C)Oc1ccc(-n2cnc3cc(/C=C\c4ccc(C#N)cc4)ccc32)cc1.CC(C)Oc1ccc(-n2cnc3cc(/C=C\c4ccc(C5(N)CC5)cc4)ccc32)cc1.CC(C)Oc1ccc(-n2cnc3cc(C=O)ccc32)cc1.Cc1ccc(C[P+](c2ccccc2)(c2ccccc2)c2ccccc2)cc1.[Br-].[CH2-]C.[Cl-].[Mg+2]. The summed E-state index contributed by atoms with van der Waals surface area (Å²) in [7, 11) is -1.79. The van der Waals surface area contributed by atoms with Gasteiger partial charge in [0.05, 0.1) is 69.2 Å². The number of aromatic nitrogens is 6. The predicted octanol–water partition coefficient (Wildman–Crippen LogP) is 15.4. The predicted molar refractivity (Wildman–Crippen MR) is 463 cm³/mol. The molecule has 1 aliphatic carbocycles. The molecule has 3 aromatic heterocycles. The van der Waals surface area contributed by atoms with Crippen LogP contribution in [0.1, 0.15) is 116 Å². The van der Waals surface area contributed by atoms with Crippen molar-refractivity contribution in [3.8, 4) is 40.4 Å². The largest absolute Gasteiger partial charge is 2.00 e. The van der Waals surface area contributed by atoms with Gasteiger partial charge in [-0.25, -0.2) is 15.0 Å². The molecule has 16 rings (SSSR count). The number of hydrogen-bond donors (Lipinski definition) is 1. The molecule has 0 unspecified atom stereocenters. The molecule has 566 valence electrons. The third-order valence-corrected chi connectivity index (χ3v) is 23.1. The fourth-order valence-electron chi connectivity index (χ4n) is 13.0. The van der Waals surface area contributed by atoms with Crippen LogP contribution >= 0.6 is 7.26 Å². The van der Waals surface area contributed by atoms with E-state index in [2.05, 4.69) is 250 Å². The molecule has 113 heavy (non-hydrogen) atoms. The van der Waals surface area contributed by atoms with Gasteiger partial charge in [-0.2, -0.15) is 12.2 Å². The van der Waals surface area contributed by atoms with Crippen LogP contribution in [0.2, 0.25) is 0 Å². The normalized spacial score (nSPS) is 11.8. The number of fused-ring (bicyclic) bond motifs is 3. The Kier molecular flexibility index (Phi) is 31.2. The Morgan fingerprint density at radius 1 is 0.451 bits per heavy atom. The Labute approximate surface area is 698 Å². The molecule has 3 heterocycles. The van der Waals surface area contributed by atoms with Gasteiger partial charge in [0, 0.05) is 28.2 Å². The minimum atomic E-state index is -1.79. The number of hydrogen-bond acceptors (Lipinski definition) is 9. The van der Waals surface area contributed by atoms with Gasteiger partial charge in [0.2, 0.25) is 0 Å². The standard InChI is InChI=1S/C27H27N3O.C26H24P.C25H21N3O.C17H16N2O2.C2H5.BrH.ClH.Mg/c1-19(2)31-24-12-10-23(11-13-24)30-18-29-25-17-21(7-14-26(25)30)4-3-20-5-8-22(9-6-20)27(28)15-16-27;1-22-17-19-23(20-18-22)21-27(24-11-5-2-6-12-24,25-13-7-3-8-14-25)26-15-9-4-10-16-26;1-18(2)29-23-12-10-22(11-13-23)28-17-27-24-15-20(9-14-25(24)28)6-3-19-4-7-21(16-26)8-5-19;1-12(2)21-15-6-4-14(5-7-15)19-11-18-16-9-13(10-20)3-8-17(16)19;1-2;;;/h3-14,17-19H,15-16,28H2,1-2H3;2-20H,21H2,1H3;3-15,17-18H,1-2H3;3-12H,1-2H3;1H2,2H3;2*1H;/q;+1;;;-1;;;+2/p-2/b4-3-;;6-3-;;;;;. The molecule has 0 atom stereocenters. The maximum absolute atomic E-state index is 10.8. The van der Waals surface area contributed by atoms with Crippen molar-refractivity contribution in [3.63, 3.8) is 0 Å². The van der Waals surface area contributed by atoms with Crippen molar-refractivity contribution in [2.24, 2.45) is 5.73 Å². The van der Waals surface area contributed by atoms with Gasteiger partial charge in [0.15, 0.2) is 0 Å². The summed E-state index contributed by atoms with van der Waals surface area (Å²) in [6.45, 7) is 19.3. The van der Waals surface area contributed by atoms with Crippen LogP contribution in [0.5, 0.6) is 17.2 Å². The van der Waals surface area contributed by atoms with Gasteiger partial charge in [0.1, 0.15) is 65.7 Å². The van der Waals surface area contributed by atoms with E-state index in [0.717, 1.165) is 109 Å². The number of ether oxygens (including phenoxy) is 3. The van der Waals surface area contributed by atoms with E-state index in [1.54, 1.807) is 25.4 Å². The van der Waals surface area contributed by atoms with Gasteiger partial charge < -0.3 is 56.3 Å². The number of carbonyl (C=O) groups excluding carboxylic acids is 1. The van der Waals surface area contributed by atoms with Crippen molar-refractivity contribution in [1.82, 2.24) is 28.7 Å². The van der Waals surface area contributed by atoms with E-state index >= 15 is 0 Å². The van der Waals surface area contributed by atoms with Crippen LogP contribution < -0.4 is 65.2 Å². The third kappa shape index (κ3) is 22.2. The molecule has 1 aliphatic rings. The van der Waals surface area contributed by atoms with Gasteiger partial charge >= 0.3 is 23.1 Å². The fourth-order valence-corrected chi connectivity index (χ4v) is 17.2. The Morgan fingerprint density at radius 2 is 0.770 bits per heavy atom. The van der Waals surface area contributed by atoms with E-state index in [0.29, 0.717) is 11.1 Å². The van der Waals surface area contributed by atoms with Crippen LogP contribution in [0.25, 0.3) is 74.5 Å². The van der Waals surface area contributed by atoms with Gasteiger partial charge in [0.25, 0.3) is 0 Å². The second-order valence-corrected chi connectivity index (χ2v) is 31.3. The number of aryl methyl sites for hydroxylation is 1. The Bertz CT molecular complexity index is 5500. The number of imidazole rings is 3. The maximum atomic E-state index is 10.8. The van der Waals surface area contributed by atoms with Crippen molar-refractivity contribution in [2.45, 2.75) is 98.2 Å². The number of rotatable bonds is 20. The molecule has 0 aliphatic heterocycles. The number of benzene rings is 12. The van der Waals surface area contributed by atoms with Crippen molar-refractivity contribution in [3.05, 3.63) is 367 Å². The van der Waals surface area contributed by atoms with E-state index in [9.17, 15) is 4.79 Å². The van der Waals surface area contributed by atoms with Crippen LogP contribution in [-0.2, 0) is 11.7 Å². The summed E-state index contributed by atoms with van der Waals surface area (Å²) in [5, 5.41) is 13.2. The zero-order valence-electron chi connectivity index (χ0n) is 65.1. The van der Waals surface area contributed by atoms with Gasteiger partial charge in [-0.3, -0.25) is 18.5 Å². The number of nitriles is 1. The van der Waals surface area contributed by atoms with E-state index in [4.69, 9.17) is 25.2 Å². The minimum Gasteiger partial charge on any atom is -1.00 e. The van der Waals surface area contributed by atoms with E-state index in [1.807, 2.05) is 156 Å². The Morgan fingerprint density at radius 3 is 1.10 bits per heavy atom. The molecular formula is C97H93BrClMgN8O4P. The number of aldehydes is 1. The van der Waals surface area contributed by atoms with Crippen LogP contribution in [0.3, 0.4) is 0 Å². The van der Waals surface area contributed by atoms with E-state index in [1.165, 1.54) is 38.2 Å². The van der Waals surface area contributed by atoms with Crippen molar-refractivity contribution in [2.75, 3.05) is 0 Å². The van der Waals surface area contributed by atoms with Gasteiger partial charge in [-0.15, -0.1) is 0 Å². The van der Waals surface area contributed by atoms with Crippen LogP contribution in [0, 0.1) is 25.2 Å². The molecule has 12 nitrogen and oxygen atoms in total. The molecule has 1 fully saturated rings. The molecule has 0 radical (unpaired) electrons. The van der Waals surface area contributed by atoms with Crippen LogP contribution in [-0.4, -0.2) is 76.3 Å². The molecular weight excluding hydrogens is 1510 g/mol. The molecule has 0 amide bonds. The number of halogens is 2. The minimum absolute atomic E-state index is 0. The van der Waals surface area contributed by atoms with Crippen LogP contribution in [0.4, 0.5) is 0 Å². The monoisotopic (exact) mass is 1600 g/mol. The summed E-state index contributed by atoms with van der Waals surface area (Å²) >= 11 is 0. The topological polar surface area (TPSA) is 148 Å². The summed E-state index contributed by atoms with van der Waals surface area (Å²) in [5.41, 5.74) is 24.8. The number of carbonyl (C=O) groups is 1. The molecule has 0 saturated heterocycles. The third-order valence-electron chi connectivity index (χ3n) is 18.7. The molecule has 2 N–H and O–H groups in total. The Hall–Kier alpha value is -11.0. The smallest absolute Gasteiger partial charge is 1.00 e. The van der Waals surface area contributed by atoms with Crippen molar-refractivity contribution in [1.29, 1.82) is 5.26 Å². The van der Waals surface area contributed by atoms with E-state index < -0.39 is 7.26 Å². The zero-order valence-corrected chi connectivity index (χ0v) is 69.8. The van der Waals surface area contributed by atoms with Crippen molar-refractivity contribution < 1.29 is 48.4 Å². The second kappa shape index (κ2) is 41.0. The first kappa shape index (κ1) is 86.0. The number of nitrogens with zero attached hydrogens (tertiary/aromatic N) is 7. The Balaban J connectivity index is 0.000000171. The van der Waals surface area contributed by atoms with Crippen LogP contribution in [0.15, 0.2) is 310 Å². The zero-order chi connectivity index (χ0) is 77.0. The summed E-state index contributed by atoms with van der Waals surface area (Å²) in [6.07, 6.45) is 18.3. The first-order valence-electron chi connectivity index (χ1n) is 37.3. The van der Waals surface area contributed by atoms with Crippen molar-refractivity contribution >= 4 is 110 Å².